The van der Waals surface area contributed by atoms with Crippen molar-refractivity contribution >= 4 is 11.9 Å². The number of aliphatic hydroxyl groups is 2. The van der Waals surface area contributed by atoms with Crippen molar-refractivity contribution in [1.29, 1.82) is 0 Å². The molecule has 0 aliphatic heterocycles. The predicted octanol–water partition coefficient (Wildman–Crippen LogP) is 14.8. The summed E-state index contributed by atoms with van der Waals surface area (Å²) in [5.41, 5.74) is 0. The number of nitrogens with one attached hydrogen (secondary N) is 1. The number of rotatable bonds is 46. The van der Waals surface area contributed by atoms with Gasteiger partial charge in [0, 0.05) is 6.42 Å². The molecule has 3 atom stereocenters. The second-order valence-electron chi connectivity index (χ2n) is 17.6. The molecule has 0 aliphatic rings. The van der Waals surface area contributed by atoms with Crippen molar-refractivity contribution in [3.63, 3.8) is 0 Å². The van der Waals surface area contributed by atoms with E-state index in [-0.39, 0.29) is 24.9 Å². The Morgan fingerprint density at radius 2 is 0.750 bits per heavy atom. The standard InChI is InChI=1S/C50H99NO5/c1-4-7-10-13-16-19-22-24-26-28-30-33-36-39-42-48(53)47(45-52)51-49(54)44-46(41-38-35-32-29-27-25-23-20-17-14-11-8-5-2)56-50(55)43-40-37-34-31-21-18-15-12-9-6-3/h46-48,52-53H,4-45H2,1-3H3,(H,51,54). The van der Waals surface area contributed by atoms with Gasteiger partial charge < -0.3 is 20.3 Å². The smallest absolute Gasteiger partial charge is 0.306 e. The summed E-state index contributed by atoms with van der Waals surface area (Å²) < 4.78 is 5.92. The van der Waals surface area contributed by atoms with Crippen molar-refractivity contribution < 1.29 is 24.5 Å². The summed E-state index contributed by atoms with van der Waals surface area (Å²) >= 11 is 0. The van der Waals surface area contributed by atoms with Gasteiger partial charge in [0.25, 0.3) is 0 Å². The summed E-state index contributed by atoms with van der Waals surface area (Å²) in [6, 6.07) is -0.691. The third-order valence-corrected chi connectivity index (χ3v) is 11.9. The number of carbonyl (C=O) groups is 2. The fourth-order valence-electron chi connectivity index (χ4n) is 8.08. The molecule has 1 amide bonds. The molecule has 56 heavy (non-hydrogen) atoms. The average Bonchev–Trinajstić information content (AvgIpc) is 3.19. The highest BCUT2D eigenvalue weighted by atomic mass is 16.5. The molecule has 0 bridgehead atoms. The van der Waals surface area contributed by atoms with E-state index in [0.717, 1.165) is 44.9 Å². The number of amides is 1. The van der Waals surface area contributed by atoms with Gasteiger partial charge in [0.15, 0.2) is 0 Å². The first kappa shape index (κ1) is 54.9. The number of ether oxygens (including phenoxy) is 1. The van der Waals surface area contributed by atoms with Gasteiger partial charge in [-0.15, -0.1) is 0 Å². The van der Waals surface area contributed by atoms with Crippen molar-refractivity contribution in [2.75, 3.05) is 6.61 Å². The zero-order valence-corrected chi connectivity index (χ0v) is 38.0. The fourth-order valence-corrected chi connectivity index (χ4v) is 8.08. The molecule has 0 fully saturated rings. The molecule has 0 spiro atoms. The van der Waals surface area contributed by atoms with E-state index < -0.39 is 18.2 Å². The SMILES string of the molecule is CCCCCCCCCCCCCCCCC(O)C(CO)NC(=O)CC(CCCCCCCCCCCCCCC)OC(=O)CCCCCCCCCCCC. The zero-order chi connectivity index (χ0) is 41.0. The molecule has 334 valence electrons. The normalized spacial score (nSPS) is 13.2. The lowest BCUT2D eigenvalue weighted by Crippen LogP contribution is -2.46. The molecular formula is C50H99NO5. The molecule has 0 aromatic carbocycles. The van der Waals surface area contributed by atoms with Crippen LogP contribution < -0.4 is 5.32 Å². The summed E-state index contributed by atoms with van der Waals surface area (Å²) in [5.74, 6) is -0.455. The Morgan fingerprint density at radius 3 is 1.09 bits per heavy atom. The number of esters is 1. The van der Waals surface area contributed by atoms with Crippen molar-refractivity contribution in [3.8, 4) is 0 Å². The maximum absolute atomic E-state index is 13.2. The summed E-state index contributed by atoms with van der Waals surface area (Å²) in [7, 11) is 0. The van der Waals surface area contributed by atoms with Crippen LogP contribution >= 0.6 is 0 Å². The van der Waals surface area contributed by atoms with Crippen molar-refractivity contribution in [2.45, 2.75) is 302 Å². The maximum atomic E-state index is 13.2. The highest BCUT2D eigenvalue weighted by Gasteiger charge is 2.24. The molecule has 6 nitrogen and oxygen atoms in total. The molecule has 0 saturated carbocycles. The van der Waals surface area contributed by atoms with Crippen LogP contribution in [0.2, 0.25) is 0 Å². The van der Waals surface area contributed by atoms with Gasteiger partial charge in [-0.25, -0.2) is 0 Å². The van der Waals surface area contributed by atoms with E-state index in [1.165, 1.54) is 193 Å². The Labute approximate surface area is 349 Å². The Morgan fingerprint density at radius 1 is 0.446 bits per heavy atom. The Bertz CT molecular complexity index is 806. The molecule has 0 aromatic rings. The van der Waals surface area contributed by atoms with Crippen molar-refractivity contribution in [1.82, 2.24) is 5.32 Å². The van der Waals surface area contributed by atoms with Crippen LogP contribution in [-0.2, 0) is 14.3 Å². The van der Waals surface area contributed by atoms with Crippen molar-refractivity contribution in [2.24, 2.45) is 0 Å². The first-order valence-electron chi connectivity index (χ1n) is 25.3. The molecular weight excluding hydrogens is 695 g/mol. The minimum atomic E-state index is -0.778. The van der Waals surface area contributed by atoms with E-state index >= 15 is 0 Å². The van der Waals surface area contributed by atoms with Crippen LogP contribution in [0.25, 0.3) is 0 Å². The number of unbranched alkanes of at least 4 members (excludes halogenated alkanes) is 34. The van der Waals surface area contributed by atoms with Gasteiger partial charge in [0.05, 0.1) is 25.2 Å². The molecule has 0 saturated heterocycles. The summed E-state index contributed by atoms with van der Waals surface area (Å²) in [6.45, 7) is 6.50. The minimum absolute atomic E-state index is 0.0874. The van der Waals surface area contributed by atoms with Crippen LogP contribution in [0, 0.1) is 0 Å². The van der Waals surface area contributed by atoms with Gasteiger partial charge in [-0.2, -0.15) is 0 Å². The van der Waals surface area contributed by atoms with Crippen LogP contribution in [-0.4, -0.2) is 46.9 Å². The first-order valence-corrected chi connectivity index (χ1v) is 25.3. The predicted molar refractivity (Wildman–Crippen MR) is 241 cm³/mol. The van der Waals surface area contributed by atoms with Gasteiger partial charge in [-0.3, -0.25) is 9.59 Å². The van der Waals surface area contributed by atoms with Crippen LogP contribution in [0.5, 0.6) is 0 Å². The molecule has 0 aromatic heterocycles. The first-order chi connectivity index (χ1) is 27.5. The van der Waals surface area contributed by atoms with Crippen LogP contribution in [0.3, 0.4) is 0 Å². The molecule has 0 rings (SSSR count). The lowest BCUT2D eigenvalue weighted by atomic mass is 10.0. The van der Waals surface area contributed by atoms with E-state index in [0.29, 0.717) is 19.3 Å². The summed E-state index contributed by atoms with van der Waals surface area (Å²) in [6.07, 6.45) is 47.3. The number of hydrogen-bond acceptors (Lipinski definition) is 5. The fraction of sp³-hybridized carbons (Fsp3) is 0.960. The number of aliphatic hydroxyl groups excluding tert-OH is 2. The van der Waals surface area contributed by atoms with E-state index in [2.05, 4.69) is 26.1 Å². The quantitative estimate of drug-likeness (QED) is 0.0421. The molecule has 0 radical (unpaired) electrons. The van der Waals surface area contributed by atoms with Crippen molar-refractivity contribution in [3.05, 3.63) is 0 Å². The molecule has 6 heteroatoms. The van der Waals surface area contributed by atoms with Gasteiger partial charge in [0.1, 0.15) is 6.10 Å². The lowest BCUT2D eigenvalue weighted by Gasteiger charge is -2.24. The third-order valence-electron chi connectivity index (χ3n) is 11.9. The highest BCUT2D eigenvalue weighted by molar-refractivity contribution is 5.77. The van der Waals surface area contributed by atoms with Gasteiger partial charge in [-0.05, 0) is 25.7 Å². The van der Waals surface area contributed by atoms with Gasteiger partial charge in [0.2, 0.25) is 5.91 Å². The van der Waals surface area contributed by atoms with Crippen LogP contribution in [0.15, 0.2) is 0 Å². The topological polar surface area (TPSA) is 95.9 Å². The average molecular weight is 794 g/mol. The molecule has 0 aliphatic carbocycles. The van der Waals surface area contributed by atoms with Crippen LogP contribution in [0.4, 0.5) is 0 Å². The minimum Gasteiger partial charge on any atom is -0.462 e. The van der Waals surface area contributed by atoms with Gasteiger partial charge in [-0.1, -0.05) is 245 Å². The number of hydrogen-bond donors (Lipinski definition) is 3. The van der Waals surface area contributed by atoms with E-state index in [1.807, 2.05) is 0 Å². The van der Waals surface area contributed by atoms with E-state index in [1.54, 1.807) is 0 Å². The van der Waals surface area contributed by atoms with E-state index in [4.69, 9.17) is 4.74 Å². The number of carbonyl (C=O) groups excluding carboxylic acids is 2. The Balaban J connectivity index is 4.49. The third kappa shape index (κ3) is 39.7. The Kier molecular flexibility index (Phi) is 44.0. The maximum Gasteiger partial charge on any atom is 0.306 e. The largest absolute Gasteiger partial charge is 0.462 e. The summed E-state index contributed by atoms with van der Waals surface area (Å²) in [5, 5.41) is 23.7. The molecule has 3 unspecified atom stereocenters. The van der Waals surface area contributed by atoms with E-state index in [9.17, 15) is 19.8 Å². The lowest BCUT2D eigenvalue weighted by molar-refractivity contribution is -0.151. The van der Waals surface area contributed by atoms with Gasteiger partial charge >= 0.3 is 5.97 Å². The van der Waals surface area contributed by atoms with Crippen LogP contribution in [0.1, 0.15) is 284 Å². The summed E-state index contributed by atoms with van der Waals surface area (Å²) in [4.78, 5) is 26.0. The Hall–Kier alpha value is -1.14. The highest BCUT2D eigenvalue weighted by Crippen LogP contribution is 2.19. The second kappa shape index (κ2) is 45.0. The molecule has 0 heterocycles. The zero-order valence-electron chi connectivity index (χ0n) is 38.0. The monoisotopic (exact) mass is 794 g/mol. The second-order valence-corrected chi connectivity index (χ2v) is 17.6. The molecule has 3 N–H and O–H groups in total.